The lowest BCUT2D eigenvalue weighted by Crippen LogP contribution is -2.31. The molecule has 2 N–H and O–H groups in total. The molecule has 4 aromatic rings. The quantitative estimate of drug-likeness (QED) is 0.463. The van der Waals surface area contributed by atoms with E-state index in [1.54, 1.807) is 72.5 Å². The molecule has 0 aliphatic heterocycles. The molecular weight excluding hydrogens is 398 g/mol. The first-order valence-corrected chi connectivity index (χ1v) is 9.58. The number of nitrogens with zero attached hydrogens (tertiary/aromatic N) is 3. The van der Waals surface area contributed by atoms with Crippen LogP contribution in [0.2, 0.25) is 0 Å². The third-order valence-electron chi connectivity index (χ3n) is 4.92. The number of amides is 1. The Hall–Kier alpha value is -4.27. The number of benzene rings is 2. The number of ketones is 1. The number of nitrogens with one attached hydrogen (secondary N) is 2. The zero-order chi connectivity index (χ0) is 22.0. The van der Waals surface area contributed by atoms with Crippen LogP contribution in [0, 0.1) is 0 Å². The second kappa shape index (κ2) is 8.23. The molecule has 0 fully saturated rings. The monoisotopic (exact) mass is 417 g/mol. The number of hydrogen-bond acceptors (Lipinski definition) is 5. The SMILES string of the molecule is Cn1ccnc1C(=O)c1ccc(NC(=O)CCn2c(=O)[nH]c(=O)c3ccccc32)cc1. The summed E-state index contributed by atoms with van der Waals surface area (Å²) < 4.78 is 3.01. The second-order valence-electron chi connectivity index (χ2n) is 6.99. The van der Waals surface area contributed by atoms with Gasteiger partial charge in [-0.15, -0.1) is 0 Å². The van der Waals surface area contributed by atoms with Gasteiger partial charge in [0, 0.05) is 43.7 Å². The number of carbonyl (C=O) groups excluding carboxylic acids is 2. The van der Waals surface area contributed by atoms with Crippen molar-refractivity contribution < 1.29 is 9.59 Å². The summed E-state index contributed by atoms with van der Waals surface area (Å²) in [6, 6.07) is 13.2. The molecule has 156 valence electrons. The number of hydrogen-bond donors (Lipinski definition) is 2. The van der Waals surface area contributed by atoms with E-state index >= 15 is 0 Å². The number of imidazole rings is 1. The third kappa shape index (κ3) is 4.06. The summed E-state index contributed by atoms with van der Waals surface area (Å²) in [5.41, 5.74) is 0.440. The summed E-state index contributed by atoms with van der Waals surface area (Å²) >= 11 is 0. The number of anilines is 1. The fraction of sp³-hybridized carbons (Fsp3) is 0.136. The van der Waals surface area contributed by atoms with Gasteiger partial charge in [-0.25, -0.2) is 9.78 Å². The van der Waals surface area contributed by atoms with E-state index < -0.39 is 11.2 Å². The van der Waals surface area contributed by atoms with Crippen LogP contribution in [0.3, 0.4) is 0 Å². The van der Waals surface area contributed by atoms with Gasteiger partial charge >= 0.3 is 5.69 Å². The van der Waals surface area contributed by atoms with E-state index in [2.05, 4.69) is 15.3 Å². The van der Waals surface area contributed by atoms with Gasteiger partial charge in [-0.3, -0.25) is 23.9 Å². The van der Waals surface area contributed by atoms with Crippen molar-refractivity contribution in [3.05, 3.63) is 93.2 Å². The highest BCUT2D eigenvalue weighted by Gasteiger charge is 2.14. The number of carbonyl (C=O) groups is 2. The van der Waals surface area contributed by atoms with Gasteiger partial charge in [0.25, 0.3) is 5.56 Å². The molecule has 0 aliphatic carbocycles. The lowest BCUT2D eigenvalue weighted by Gasteiger charge is -2.10. The van der Waals surface area contributed by atoms with Gasteiger partial charge in [-0.1, -0.05) is 12.1 Å². The minimum Gasteiger partial charge on any atom is -0.331 e. The largest absolute Gasteiger partial charge is 0.331 e. The summed E-state index contributed by atoms with van der Waals surface area (Å²) in [5.74, 6) is -0.185. The highest BCUT2D eigenvalue weighted by Crippen LogP contribution is 2.14. The van der Waals surface area contributed by atoms with Crippen molar-refractivity contribution in [1.29, 1.82) is 0 Å². The molecule has 0 atom stereocenters. The molecule has 0 aliphatic rings. The van der Waals surface area contributed by atoms with E-state index in [1.165, 1.54) is 4.57 Å². The maximum atomic E-state index is 12.5. The van der Waals surface area contributed by atoms with Crippen LogP contribution in [0.5, 0.6) is 0 Å². The summed E-state index contributed by atoms with van der Waals surface area (Å²) in [7, 11) is 1.74. The number of rotatable bonds is 6. The molecule has 9 heteroatoms. The molecule has 2 aromatic carbocycles. The Morgan fingerprint density at radius 2 is 1.81 bits per heavy atom. The zero-order valence-corrected chi connectivity index (χ0v) is 16.7. The Morgan fingerprint density at radius 1 is 1.06 bits per heavy atom. The normalized spacial score (nSPS) is 10.9. The highest BCUT2D eigenvalue weighted by atomic mass is 16.2. The van der Waals surface area contributed by atoms with Gasteiger partial charge in [-0.2, -0.15) is 0 Å². The fourth-order valence-electron chi connectivity index (χ4n) is 3.32. The summed E-state index contributed by atoms with van der Waals surface area (Å²) in [6.45, 7) is 0.109. The number of para-hydroxylation sites is 1. The van der Waals surface area contributed by atoms with Gasteiger partial charge in [0.2, 0.25) is 11.7 Å². The van der Waals surface area contributed by atoms with Gasteiger partial charge in [0.05, 0.1) is 10.9 Å². The van der Waals surface area contributed by atoms with E-state index in [0.717, 1.165) is 0 Å². The third-order valence-corrected chi connectivity index (χ3v) is 4.92. The number of H-pyrrole nitrogens is 1. The van der Waals surface area contributed by atoms with Crippen molar-refractivity contribution in [3.8, 4) is 0 Å². The number of fused-ring (bicyclic) bond motifs is 1. The van der Waals surface area contributed by atoms with Crippen LogP contribution < -0.4 is 16.6 Å². The Morgan fingerprint density at radius 3 is 2.52 bits per heavy atom. The Labute approximate surface area is 176 Å². The van der Waals surface area contributed by atoms with Crippen molar-refractivity contribution in [1.82, 2.24) is 19.1 Å². The standard InChI is InChI=1S/C22H19N5O4/c1-26-13-11-23-20(26)19(29)14-6-8-15(9-7-14)24-18(28)10-12-27-17-5-3-2-4-16(17)21(30)25-22(27)31/h2-9,11,13H,10,12H2,1H3,(H,24,28)(H,25,30,31). The first-order valence-electron chi connectivity index (χ1n) is 9.58. The molecule has 0 radical (unpaired) electrons. The lowest BCUT2D eigenvalue weighted by molar-refractivity contribution is -0.116. The molecule has 1 amide bonds. The van der Waals surface area contributed by atoms with Crippen LogP contribution in [0.25, 0.3) is 10.9 Å². The topological polar surface area (TPSA) is 119 Å². The van der Waals surface area contributed by atoms with Crippen molar-refractivity contribution in [2.75, 3.05) is 5.32 Å². The van der Waals surface area contributed by atoms with Gasteiger partial charge < -0.3 is 9.88 Å². The fourth-order valence-corrected chi connectivity index (χ4v) is 3.32. The molecule has 0 bridgehead atoms. The van der Waals surface area contributed by atoms with Crippen molar-refractivity contribution in [3.63, 3.8) is 0 Å². The second-order valence-corrected chi connectivity index (χ2v) is 6.99. The average Bonchev–Trinajstić information content (AvgIpc) is 3.19. The molecule has 2 aromatic heterocycles. The smallest absolute Gasteiger partial charge is 0.328 e. The lowest BCUT2D eigenvalue weighted by atomic mass is 10.1. The molecule has 0 spiro atoms. The highest BCUT2D eigenvalue weighted by molar-refractivity contribution is 6.07. The summed E-state index contributed by atoms with van der Waals surface area (Å²) in [4.78, 5) is 55.2. The Balaban J connectivity index is 1.44. The van der Waals surface area contributed by atoms with Gasteiger partial charge in [-0.05, 0) is 36.4 Å². The molecule has 31 heavy (non-hydrogen) atoms. The molecule has 2 heterocycles. The number of aromatic nitrogens is 4. The van der Waals surface area contributed by atoms with Crippen LogP contribution in [0.15, 0.2) is 70.5 Å². The average molecular weight is 417 g/mol. The van der Waals surface area contributed by atoms with Crippen molar-refractivity contribution >= 4 is 28.3 Å². The number of aromatic amines is 1. The van der Waals surface area contributed by atoms with Crippen molar-refractivity contribution in [2.45, 2.75) is 13.0 Å². The first-order chi connectivity index (χ1) is 14.9. The van der Waals surface area contributed by atoms with Crippen LogP contribution >= 0.6 is 0 Å². The van der Waals surface area contributed by atoms with Crippen LogP contribution in [-0.2, 0) is 18.4 Å². The van der Waals surface area contributed by atoms with E-state index in [0.29, 0.717) is 28.0 Å². The number of aryl methyl sites for hydroxylation is 2. The molecule has 9 nitrogen and oxygen atoms in total. The Kier molecular flexibility index (Phi) is 5.31. The molecule has 0 unspecified atom stereocenters. The van der Waals surface area contributed by atoms with Crippen LogP contribution in [0.4, 0.5) is 5.69 Å². The summed E-state index contributed by atoms with van der Waals surface area (Å²) in [6.07, 6.45) is 3.28. The van der Waals surface area contributed by atoms with Crippen LogP contribution in [-0.4, -0.2) is 30.8 Å². The maximum absolute atomic E-state index is 12.5. The maximum Gasteiger partial charge on any atom is 0.328 e. The zero-order valence-electron chi connectivity index (χ0n) is 16.7. The van der Waals surface area contributed by atoms with Crippen molar-refractivity contribution in [2.24, 2.45) is 7.05 Å². The van der Waals surface area contributed by atoms with E-state index in [-0.39, 0.29) is 24.7 Å². The first kappa shape index (κ1) is 20.0. The minimum absolute atomic E-state index is 0.0316. The van der Waals surface area contributed by atoms with Crippen LogP contribution in [0.1, 0.15) is 22.6 Å². The van der Waals surface area contributed by atoms with E-state index in [9.17, 15) is 19.2 Å². The molecular formula is C22H19N5O4. The van der Waals surface area contributed by atoms with E-state index in [4.69, 9.17) is 0 Å². The molecule has 0 saturated heterocycles. The summed E-state index contributed by atoms with van der Waals surface area (Å²) in [5, 5.41) is 3.13. The van der Waals surface area contributed by atoms with Gasteiger partial charge in [0.1, 0.15) is 0 Å². The molecule has 4 rings (SSSR count). The molecule has 0 saturated carbocycles. The Bertz CT molecular complexity index is 1400. The predicted octanol–water partition coefficient (Wildman–Crippen LogP) is 1.68. The minimum atomic E-state index is -0.561. The van der Waals surface area contributed by atoms with Gasteiger partial charge in [0.15, 0.2) is 5.82 Å². The van der Waals surface area contributed by atoms with E-state index in [1.807, 2.05) is 0 Å². The predicted molar refractivity (Wildman–Crippen MR) is 115 cm³/mol.